The summed E-state index contributed by atoms with van der Waals surface area (Å²) in [5.74, 6) is -2.07. The number of allylic oxidation sites excluding steroid dienone is 1. The topological polar surface area (TPSA) is 256 Å². The average Bonchev–Trinajstić information content (AvgIpc) is 3.44. The minimum absolute atomic E-state index is 0.133. The average molecular weight is 873 g/mol. The van der Waals surface area contributed by atoms with Crippen LogP contribution in [0.4, 0.5) is 0 Å². The van der Waals surface area contributed by atoms with Crippen LogP contribution in [0.5, 0.6) is 0 Å². The molecule has 1 fully saturated rings. The molecule has 0 aliphatic heterocycles. The van der Waals surface area contributed by atoms with E-state index in [1.807, 2.05) is 0 Å². The van der Waals surface area contributed by atoms with Crippen molar-refractivity contribution in [1.82, 2.24) is 0 Å². The second kappa shape index (κ2) is 32.2. The third-order valence-corrected chi connectivity index (χ3v) is 11.4. The Hall–Kier alpha value is -1.52. The molecule has 1 rings (SSSR count). The molecule has 1 saturated carbocycles. The van der Waals surface area contributed by atoms with Crippen LogP contribution >= 0.6 is 15.6 Å². The Kier molecular flexibility index (Phi) is 30.3. The van der Waals surface area contributed by atoms with Crippen LogP contribution in [-0.2, 0) is 41.8 Å². The zero-order valence-electron chi connectivity index (χ0n) is 34.7. The standard InChI is InChI=1S/C40H74O16P2/c1-3-5-7-8-9-10-11-12-13-14-15-16-18-23-39(45)52-30-34(31-55-58(50,51)54-29-33(42)28-53-57(47,48)49)56-40(46)24-20-19-22-35-36(38(44)27-37(35)43)26-25-32(41)21-17-6-4-2/h19-20,25-26,32-38,41-44H,3-18,21-24,27-31H2,1-2H3,(H,50,51)(H2,47,48,49)/b20-19-,26-25+/t32-,33+,34-,35+,36-,37+,38-/m1/s1. The van der Waals surface area contributed by atoms with Gasteiger partial charge in [-0.2, -0.15) is 0 Å². The van der Waals surface area contributed by atoms with Crippen molar-refractivity contribution in [3.8, 4) is 0 Å². The number of phosphoric acid groups is 2. The molecule has 0 amide bonds. The van der Waals surface area contributed by atoms with Crippen LogP contribution in [0.15, 0.2) is 24.3 Å². The van der Waals surface area contributed by atoms with Gasteiger partial charge >= 0.3 is 27.6 Å². The van der Waals surface area contributed by atoms with Gasteiger partial charge in [0.1, 0.15) is 12.7 Å². The number of carbonyl (C=O) groups excluding carboxylic acids is 2. The maximum absolute atomic E-state index is 12.8. The summed E-state index contributed by atoms with van der Waals surface area (Å²) in [6.07, 6.45) is 20.2. The lowest BCUT2D eigenvalue weighted by molar-refractivity contribution is -0.160. The molecule has 0 aromatic carbocycles. The highest BCUT2D eigenvalue weighted by Gasteiger charge is 2.39. The Bertz CT molecular complexity index is 1240. The molecule has 1 aliphatic carbocycles. The van der Waals surface area contributed by atoms with Crippen molar-refractivity contribution in [2.45, 2.75) is 179 Å². The number of phosphoric ester groups is 2. The summed E-state index contributed by atoms with van der Waals surface area (Å²) in [6, 6.07) is 0. The van der Waals surface area contributed by atoms with Crippen molar-refractivity contribution >= 4 is 27.6 Å². The summed E-state index contributed by atoms with van der Waals surface area (Å²) in [5, 5.41) is 41.1. The fourth-order valence-electron chi connectivity index (χ4n) is 6.62. The monoisotopic (exact) mass is 872 g/mol. The van der Waals surface area contributed by atoms with Gasteiger partial charge in [0.25, 0.3) is 0 Å². The van der Waals surface area contributed by atoms with Crippen molar-refractivity contribution in [1.29, 1.82) is 0 Å². The molecule has 0 saturated heterocycles. The normalized spacial score (nSPS) is 21.3. The molecule has 0 aromatic heterocycles. The van der Waals surface area contributed by atoms with Crippen molar-refractivity contribution < 1.29 is 76.9 Å². The van der Waals surface area contributed by atoms with Crippen molar-refractivity contribution in [2.75, 3.05) is 26.4 Å². The first kappa shape index (κ1) is 54.5. The first-order valence-corrected chi connectivity index (χ1v) is 24.3. The van der Waals surface area contributed by atoms with E-state index in [2.05, 4.69) is 22.9 Å². The zero-order valence-corrected chi connectivity index (χ0v) is 36.5. The predicted molar refractivity (Wildman–Crippen MR) is 218 cm³/mol. The predicted octanol–water partition coefficient (Wildman–Crippen LogP) is 6.72. The number of rotatable bonds is 36. The van der Waals surface area contributed by atoms with Crippen LogP contribution in [0.2, 0.25) is 0 Å². The molecular weight excluding hydrogens is 798 g/mol. The zero-order chi connectivity index (χ0) is 43.2. The van der Waals surface area contributed by atoms with Gasteiger partial charge in [-0.15, -0.1) is 0 Å². The fourth-order valence-corrected chi connectivity index (χ4v) is 7.77. The van der Waals surface area contributed by atoms with Gasteiger partial charge in [-0.1, -0.05) is 134 Å². The molecule has 340 valence electrons. The van der Waals surface area contributed by atoms with E-state index < -0.39 is 84.5 Å². The molecule has 0 bridgehead atoms. The van der Waals surface area contributed by atoms with E-state index in [1.165, 1.54) is 57.4 Å². The number of aliphatic hydroxyl groups is 4. The molecule has 8 atom stereocenters. The number of hydrogen-bond acceptors (Lipinski definition) is 13. The third-order valence-electron chi connectivity index (χ3n) is 9.94. The molecule has 0 aromatic rings. The Morgan fingerprint density at radius 2 is 1.24 bits per heavy atom. The lowest BCUT2D eigenvalue weighted by atomic mass is 9.89. The first-order valence-electron chi connectivity index (χ1n) is 21.3. The van der Waals surface area contributed by atoms with Crippen LogP contribution in [-0.4, -0.2) is 104 Å². The minimum atomic E-state index is -4.90. The van der Waals surface area contributed by atoms with Gasteiger partial charge in [-0.25, -0.2) is 9.13 Å². The molecule has 1 aliphatic rings. The van der Waals surface area contributed by atoms with Gasteiger partial charge in [-0.3, -0.25) is 23.2 Å². The molecule has 0 radical (unpaired) electrons. The second-order valence-electron chi connectivity index (χ2n) is 15.3. The van der Waals surface area contributed by atoms with Crippen LogP contribution < -0.4 is 0 Å². The number of aliphatic hydroxyl groups excluding tert-OH is 4. The molecule has 58 heavy (non-hydrogen) atoms. The fraction of sp³-hybridized carbons (Fsp3) is 0.850. The van der Waals surface area contributed by atoms with Gasteiger partial charge in [0.2, 0.25) is 0 Å². The van der Waals surface area contributed by atoms with Gasteiger partial charge in [0.15, 0.2) is 6.10 Å². The number of hydrogen-bond donors (Lipinski definition) is 7. The second-order valence-corrected chi connectivity index (χ2v) is 18.0. The number of carbonyl (C=O) groups is 2. The van der Waals surface area contributed by atoms with Gasteiger partial charge < -0.3 is 44.6 Å². The number of ether oxygens (including phenoxy) is 2. The molecule has 18 heteroatoms. The molecule has 16 nitrogen and oxygen atoms in total. The minimum Gasteiger partial charge on any atom is -0.462 e. The maximum atomic E-state index is 12.8. The van der Waals surface area contributed by atoms with Crippen LogP contribution in [0.1, 0.15) is 149 Å². The summed E-state index contributed by atoms with van der Waals surface area (Å²) >= 11 is 0. The maximum Gasteiger partial charge on any atom is 0.472 e. The first-order chi connectivity index (χ1) is 27.6. The van der Waals surface area contributed by atoms with Gasteiger partial charge in [-0.05, 0) is 25.2 Å². The highest BCUT2D eigenvalue weighted by Crippen LogP contribution is 2.44. The Morgan fingerprint density at radius 3 is 1.84 bits per heavy atom. The smallest absolute Gasteiger partial charge is 0.462 e. The summed E-state index contributed by atoms with van der Waals surface area (Å²) < 4.78 is 47.7. The third kappa shape index (κ3) is 28.9. The van der Waals surface area contributed by atoms with Crippen LogP contribution in [0.3, 0.4) is 0 Å². The molecule has 7 N–H and O–H groups in total. The van der Waals surface area contributed by atoms with Crippen LogP contribution in [0.25, 0.3) is 0 Å². The SMILES string of the molecule is CCCCCCCCCCCCCCCC(=O)OC[C@H](COP(=O)(O)OC[C@@H](O)COP(=O)(O)O)OC(=O)C/C=C\C[C@H]1[C@@H](/C=C/[C@H](O)CCCCC)[C@H](O)C[C@@H]1O. The highest BCUT2D eigenvalue weighted by molar-refractivity contribution is 7.47. The molecule has 0 heterocycles. The van der Waals surface area contributed by atoms with E-state index in [9.17, 15) is 44.0 Å². The van der Waals surface area contributed by atoms with E-state index in [4.69, 9.17) is 23.8 Å². The molecule has 1 unspecified atom stereocenters. The van der Waals surface area contributed by atoms with E-state index in [0.717, 1.165) is 44.9 Å². The van der Waals surface area contributed by atoms with Crippen molar-refractivity contribution in [2.24, 2.45) is 11.8 Å². The van der Waals surface area contributed by atoms with E-state index >= 15 is 0 Å². The van der Waals surface area contributed by atoms with Crippen molar-refractivity contribution in [3.05, 3.63) is 24.3 Å². The lowest BCUT2D eigenvalue weighted by Gasteiger charge is -2.20. The van der Waals surface area contributed by atoms with Crippen LogP contribution in [0, 0.1) is 11.8 Å². The molecule has 0 spiro atoms. The van der Waals surface area contributed by atoms with E-state index in [0.29, 0.717) is 19.3 Å². The van der Waals surface area contributed by atoms with Gasteiger partial charge in [0.05, 0.1) is 44.6 Å². The van der Waals surface area contributed by atoms with Gasteiger partial charge in [0, 0.05) is 18.8 Å². The Labute approximate surface area is 345 Å². The summed E-state index contributed by atoms with van der Waals surface area (Å²) in [7, 11) is -9.80. The quantitative estimate of drug-likeness (QED) is 0.0149. The number of esters is 2. The Balaban J connectivity index is 2.65. The summed E-state index contributed by atoms with van der Waals surface area (Å²) in [5.41, 5.74) is 0. The lowest BCUT2D eigenvalue weighted by Crippen LogP contribution is -2.29. The summed E-state index contributed by atoms with van der Waals surface area (Å²) in [6.45, 7) is 1.27. The summed E-state index contributed by atoms with van der Waals surface area (Å²) in [4.78, 5) is 52.9. The van der Waals surface area contributed by atoms with E-state index in [1.54, 1.807) is 18.2 Å². The van der Waals surface area contributed by atoms with E-state index in [-0.39, 0.29) is 31.1 Å². The largest absolute Gasteiger partial charge is 0.472 e. The molecular formula is C40H74O16P2. The Morgan fingerprint density at radius 1 is 0.690 bits per heavy atom. The highest BCUT2D eigenvalue weighted by atomic mass is 31.2. The number of unbranched alkanes of at least 4 members (excludes halogenated alkanes) is 14. The van der Waals surface area contributed by atoms with Crippen molar-refractivity contribution in [3.63, 3.8) is 0 Å².